The Kier molecular flexibility index (Phi) is 3.77. The first-order valence-corrected chi connectivity index (χ1v) is 7.86. The Bertz CT molecular complexity index is 1090. The van der Waals surface area contributed by atoms with E-state index in [1.165, 1.54) is 6.20 Å². The zero-order chi connectivity index (χ0) is 17.2. The summed E-state index contributed by atoms with van der Waals surface area (Å²) in [5.41, 5.74) is 2.11. The number of nitrogens with one attached hydrogen (secondary N) is 1. The summed E-state index contributed by atoms with van der Waals surface area (Å²) in [4.78, 5) is 32.3. The van der Waals surface area contributed by atoms with Gasteiger partial charge in [0.2, 0.25) is 0 Å². The van der Waals surface area contributed by atoms with E-state index in [2.05, 4.69) is 30.0 Å². The van der Waals surface area contributed by atoms with Crippen molar-refractivity contribution >= 4 is 11.0 Å². The Labute approximate surface area is 142 Å². The van der Waals surface area contributed by atoms with Gasteiger partial charge in [0.15, 0.2) is 5.65 Å². The average Bonchev–Trinajstić information content (AvgIpc) is 3.06. The van der Waals surface area contributed by atoms with E-state index in [4.69, 9.17) is 0 Å². The summed E-state index contributed by atoms with van der Waals surface area (Å²) in [5.74, 6) is 1.29. The molecule has 0 aliphatic carbocycles. The second kappa shape index (κ2) is 6.23. The number of pyridine rings is 1. The largest absolute Gasteiger partial charge is 0.310 e. The maximum atomic E-state index is 12.3. The van der Waals surface area contributed by atoms with Gasteiger partial charge in [-0.05, 0) is 24.6 Å². The third kappa shape index (κ3) is 2.89. The van der Waals surface area contributed by atoms with E-state index in [0.29, 0.717) is 35.5 Å². The Morgan fingerprint density at radius 2 is 1.96 bits per heavy atom. The van der Waals surface area contributed by atoms with Crippen LogP contribution in [0.2, 0.25) is 0 Å². The second-order valence-corrected chi connectivity index (χ2v) is 5.63. The summed E-state index contributed by atoms with van der Waals surface area (Å²) in [6.07, 6.45) is 9.47. The molecule has 4 rings (SSSR count). The average molecular weight is 333 g/mol. The lowest BCUT2D eigenvalue weighted by atomic mass is 10.2. The van der Waals surface area contributed by atoms with Crippen molar-refractivity contribution in [3.05, 3.63) is 70.7 Å². The zero-order valence-corrected chi connectivity index (χ0v) is 13.5. The standard InChI is InChI=1S/C17H15N7O/c1-11-5-8-18-10-13(11)24-16-12(9-21-24)17(25)23-15(22-16)4-3-14-19-6-2-7-20-14/h2,5-10H,3-4H2,1H3,(H,22,23,25). The van der Waals surface area contributed by atoms with Crippen LogP contribution in [0.5, 0.6) is 0 Å². The lowest BCUT2D eigenvalue weighted by Gasteiger charge is -2.06. The molecule has 0 spiro atoms. The molecule has 124 valence electrons. The SMILES string of the molecule is Cc1ccncc1-n1ncc2c(=O)[nH]c(CCc3ncccn3)nc21. The third-order valence-corrected chi connectivity index (χ3v) is 3.93. The Morgan fingerprint density at radius 1 is 1.12 bits per heavy atom. The van der Waals surface area contributed by atoms with Crippen LogP contribution in [0.4, 0.5) is 0 Å². The second-order valence-electron chi connectivity index (χ2n) is 5.63. The highest BCUT2D eigenvalue weighted by Crippen LogP contribution is 2.16. The molecule has 0 unspecified atom stereocenters. The van der Waals surface area contributed by atoms with E-state index in [0.717, 1.165) is 11.3 Å². The lowest BCUT2D eigenvalue weighted by Crippen LogP contribution is -2.13. The highest BCUT2D eigenvalue weighted by atomic mass is 16.1. The maximum Gasteiger partial charge on any atom is 0.262 e. The Hall–Kier alpha value is -3.42. The summed E-state index contributed by atoms with van der Waals surface area (Å²) in [5, 5.41) is 4.76. The maximum absolute atomic E-state index is 12.3. The number of aromatic amines is 1. The molecule has 0 saturated carbocycles. The van der Waals surface area contributed by atoms with Crippen LogP contribution in [0.25, 0.3) is 16.7 Å². The van der Waals surface area contributed by atoms with Crippen molar-refractivity contribution in [1.29, 1.82) is 0 Å². The van der Waals surface area contributed by atoms with E-state index in [-0.39, 0.29) is 5.56 Å². The monoisotopic (exact) mass is 333 g/mol. The van der Waals surface area contributed by atoms with E-state index < -0.39 is 0 Å². The van der Waals surface area contributed by atoms with E-state index in [1.54, 1.807) is 35.5 Å². The molecule has 0 atom stereocenters. The van der Waals surface area contributed by atoms with Gasteiger partial charge in [0.25, 0.3) is 5.56 Å². The summed E-state index contributed by atoms with van der Waals surface area (Å²) in [7, 11) is 0. The minimum Gasteiger partial charge on any atom is -0.310 e. The van der Waals surface area contributed by atoms with Crippen LogP contribution in [-0.2, 0) is 12.8 Å². The molecular formula is C17H15N7O. The van der Waals surface area contributed by atoms with Crippen LogP contribution in [0.15, 0.2) is 47.9 Å². The molecule has 0 aliphatic heterocycles. The van der Waals surface area contributed by atoms with Crippen molar-refractivity contribution in [2.75, 3.05) is 0 Å². The van der Waals surface area contributed by atoms with E-state index in [1.807, 2.05) is 13.0 Å². The van der Waals surface area contributed by atoms with Gasteiger partial charge >= 0.3 is 0 Å². The van der Waals surface area contributed by atoms with Crippen LogP contribution in [0, 0.1) is 6.92 Å². The summed E-state index contributed by atoms with van der Waals surface area (Å²) < 4.78 is 1.65. The van der Waals surface area contributed by atoms with Gasteiger partial charge in [-0.3, -0.25) is 9.78 Å². The van der Waals surface area contributed by atoms with E-state index in [9.17, 15) is 4.79 Å². The van der Waals surface area contributed by atoms with Crippen LogP contribution >= 0.6 is 0 Å². The topological polar surface area (TPSA) is 102 Å². The molecule has 8 nitrogen and oxygen atoms in total. The molecule has 8 heteroatoms. The molecule has 0 fully saturated rings. The summed E-state index contributed by atoms with van der Waals surface area (Å²) in [6, 6.07) is 3.66. The van der Waals surface area contributed by atoms with Crippen molar-refractivity contribution in [1.82, 2.24) is 34.7 Å². The van der Waals surface area contributed by atoms with Crippen molar-refractivity contribution in [3.8, 4) is 5.69 Å². The van der Waals surface area contributed by atoms with Gasteiger partial charge < -0.3 is 4.98 Å². The number of hydrogen-bond donors (Lipinski definition) is 1. The minimum absolute atomic E-state index is 0.207. The third-order valence-electron chi connectivity index (χ3n) is 3.93. The Morgan fingerprint density at radius 3 is 2.76 bits per heavy atom. The van der Waals surface area contributed by atoms with Gasteiger partial charge in [-0.15, -0.1) is 0 Å². The van der Waals surface area contributed by atoms with E-state index >= 15 is 0 Å². The molecule has 4 heterocycles. The van der Waals surface area contributed by atoms with Gasteiger partial charge in [0, 0.05) is 31.4 Å². The zero-order valence-electron chi connectivity index (χ0n) is 13.5. The van der Waals surface area contributed by atoms with Crippen LogP contribution in [0.1, 0.15) is 17.2 Å². The number of hydrogen-bond acceptors (Lipinski definition) is 6. The fourth-order valence-corrected chi connectivity index (χ4v) is 2.63. The predicted molar refractivity (Wildman–Crippen MR) is 91.5 cm³/mol. The smallest absolute Gasteiger partial charge is 0.262 e. The molecule has 25 heavy (non-hydrogen) atoms. The molecular weight excluding hydrogens is 318 g/mol. The number of fused-ring (bicyclic) bond motifs is 1. The number of nitrogens with zero attached hydrogens (tertiary/aromatic N) is 6. The molecule has 0 saturated heterocycles. The van der Waals surface area contributed by atoms with Crippen molar-refractivity contribution in [3.63, 3.8) is 0 Å². The normalized spacial score (nSPS) is 11.1. The quantitative estimate of drug-likeness (QED) is 0.605. The number of aromatic nitrogens is 7. The first-order chi connectivity index (χ1) is 12.2. The molecule has 1 N–H and O–H groups in total. The molecule has 0 aliphatic rings. The molecule has 4 aromatic heterocycles. The molecule has 0 amide bonds. The van der Waals surface area contributed by atoms with Gasteiger partial charge in [-0.25, -0.2) is 19.6 Å². The summed E-state index contributed by atoms with van der Waals surface area (Å²) in [6.45, 7) is 1.96. The Balaban J connectivity index is 1.74. The van der Waals surface area contributed by atoms with Gasteiger partial charge in [-0.2, -0.15) is 5.10 Å². The fourth-order valence-electron chi connectivity index (χ4n) is 2.63. The van der Waals surface area contributed by atoms with Crippen LogP contribution in [-0.4, -0.2) is 34.7 Å². The highest BCUT2D eigenvalue weighted by Gasteiger charge is 2.13. The predicted octanol–water partition coefficient (Wildman–Crippen LogP) is 1.39. The molecule has 4 aromatic rings. The molecule has 0 radical (unpaired) electrons. The molecule has 0 aromatic carbocycles. The lowest BCUT2D eigenvalue weighted by molar-refractivity contribution is 0.797. The van der Waals surface area contributed by atoms with Crippen molar-refractivity contribution < 1.29 is 0 Å². The van der Waals surface area contributed by atoms with Gasteiger partial charge in [0.1, 0.15) is 17.0 Å². The van der Waals surface area contributed by atoms with Crippen molar-refractivity contribution in [2.24, 2.45) is 0 Å². The van der Waals surface area contributed by atoms with Crippen molar-refractivity contribution in [2.45, 2.75) is 19.8 Å². The van der Waals surface area contributed by atoms with Crippen LogP contribution in [0.3, 0.4) is 0 Å². The fraction of sp³-hybridized carbons (Fsp3) is 0.176. The molecule has 0 bridgehead atoms. The highest BCUT2D eigenvalue weighted by molar-refractivity contribution is 5.75. The first kappa shape index (κ1) is 15.1. The summed E-state index contributed by atoms with van der Waals surface area (Å²) >= 11 is 0. The number of H-pyrrole nitrogens is 1. The number of aryl methyl sites for hydroxylation is 3. The number of rotatable bonds is 4. The van der Waals surface area contributed by atoms with Gasteiger partial charge in [-0.1, -0.05) is 0 Å². The minimum atomic E-state index is -0.207. The van der Waals surface area contributed by atoms with Gasteiger partial charge in [0.05, 0.1) is 18.1 Å². The van der Waals surface area contributed by atoms with Crippen LogP contribution < -0.4 is 5.56 Å². The first-order valence-electron chi connectivity index (χ1n) is 7.86.